The number of amides is 1. The number of hydrogen-bond acceptors (Lipinski definition) is 7. The topological polar surface area (TPSA) is 128 Å². The van der Waals surface area contributed by atoms with Crippen LogP contribution in [0.1, 0.15) is 28.8 Å². The highest BCUT2D eigenvalue weighted by Crippen LogP contribution is 2.13. The first kappa shape index (κ1) is 21.3. The lowest BCUT2D eigenvalue weighted by molar-refractivity contribution is -0.129. The monoisotopic (exact) mass is 432 g/mol. The molecule has 0 spiro atoms. The second kappa shape index (κ2) is 9.42. The molecule has 10 heteroatoms. The van der Waals surface area contributed by atoms with Crippen LogP contribution in [0.15, 0.2) is 74.8 Å². The molecule has 2 heterocycles. The van der Waals surface area contributed by atoms with E-state index in [1.54, 1.807) is 24.3 Å². The van der Waals surface area contributed by atoms with Gasteiger partial charge in [0.1, 0.15) is 11.5 Å². The molecule has 1 unspecified atom stereocenters. The fourth-order valence-corrected chi connectivity index (χ4v) is 3.44. The minimum Gasteiger partial charge on any atom is -0.468 e. The quantitative estimate of drug-likeness (QED) is 0.496. The van der Waals surface area contributed by atoms with Gasteiger partial charge in [0.25, 0.3) is 5.91 Å². The Labute approximate surface area is 173 Å². The van der Waals surface area contributed by atoms with Crippen LogP contribution >= 0.6 is 0 Å². The number of benzene rings is 1. The van der Waals surface area contributed by atoms with Gasteiger partial charge in [-0.15, -0.1) is 0 Å². The van der Waals surface area contributed by atoms with Crippen LogP contribution < -0.4 is 10.0 Å². The predicted octanol–water partition coefficient (Wildman–Crippen LogP) is 2.21. The highest BCUT2D eigenvalue weighted by molar-refractivity contribution is 7.89. The first-order chi connectivity index (χ1) is 14.3. The second-order valence-electron chi connectivity index (χ2n) is 6.27. The Bertz CT molecular complexity index is 1070. The van der Waals surface area contributed by atoms with Gasteiger partial charge in [-0.2, -0.15) is 0 Å². The van der Waals surface area contributed by atoms with E-state index in [-0.39, 0.29) is 23.5 Å². The van der Waals surface area contributed by atoms with Gasteiger partial charge in [-0.3, -0.25) is 4.79 Å². The van der Waals surface area contributed by atoms with E-state index in [0.29, 0.717) is 11.5 Å². The molecule has 3 aromatic rings. The maximum Gasteiger partial charge on any atom is 0.338 e. The molecule has 0 bridgehead atoms. The van der Waals surface area contributed by atoms with Gasteiger partial charge in [-0.25, -0.2) is 17.9 Å². The first-order valence-corrected chi connectivity index (χ1v) is 10.5. The van der Waals surface area contributed by atoms with E-state index >= 15 is 0 Å². The molecule has 0 saturated carbocycles. The van der Waals surface area contributed by atoms with Crippen molar-refractivity contribution < 1.29 is 31.6 Å². The van der Waals surface area contributed by atoms with Crippen LogP contribution in [0.2, 0.25) is 0 Å². The van der Waals surface area contributed by atoms with Crippen molar-refractivity contribution in [2.24, 2.45) is 0 Å². The molecular weight excluding hydrogens is 412 g/mol. The summed E-state index contributed by atoms with van der Waals surface area (Å²) in [6.07, 6.45) is 1.90. The van der Waals surface area contributed by atoms with Crippen LogP contribution in [-0.4, -0.2) is 26.4 Å². The Balaban J connectivity index is 1.54. The molecule has 0 fully saturated rings. The normalized spacial score (nSPS) is 12.3. The molecule has 0 saturated heterocycles. The maximum absolute atomic E-state index is 12.3. The molecule has 1 atom stereocenters. The molecular formula is C20H20N2O7S. The van der Waals surface area contributed by atoms with Crippen LogP contribution in [0, 0.1) is 0 Å². The van der Waals surface area contributed by atoms with Crippen molar-refractivity contribution in [3.63, 3.8) is 0 Å². The third kappa shape index (κ3) is 5.58. The van der Waals surface area contributed by atoms with E-state index in [1.165, 1.54) is 43.7 Å². The lowest BCUT2D eigenvalue weighted by Gasteiger charge is -2.13. The largest absolute Gasteiger partial charge is 0.468 e. The number of hydrogen-bond donors (Lipinski definition) is 2. The Morgan fingerprint density at radius 2 is 1.57 bits per heavy atom. The zero-order valence-corrected chi connectivity index (χ0v) is 16.8. The fraction of sp³-hybridized carbons (Fsp3) is 0.200. The van der Waals surface area contributed by atoms with Crippen LogP contribution in [0.3, 0.4) is 0 Å². The van der Waals surface area contributed by atoms with Crippen molar-refractivity contribution in [3.8, 4) is 0 Å². The van der Waals surface area contributed by atoms with Crippen molar-refractivity contribution in [2.75, 3.05) is 0 Å². The van der Waals surface area contributed by atoms with E-state index in [0.717, 1.165) is 0 Å². The van der Waals surface area contributed by atoms with Crippen molar-refractivity contribution in [2.45, 2.75) is 31.0 Å². The summed E-state index contributed by atoms with van der Waals surface area (Å²) >= 11 is 0. The Hall–Kier alpha value is -3.37. The summed E-state index contributed by atoms with van der Waals surface area (Å²) in [5.74, 6) is -0.193. The molecule has 0 radical (unpaired) electrons. The van der Waals surface area contributed by atoms with E-state index in [9.17, 15) is 18.0 Å². The van der Waals surface area contributed by atoms with Gasteiger partial charge >= 0.3 is 5.97 Å². The van der Waals surface area contributed by atoms with Crippen LogP contribution in [0.25, 0.3) is 0 Å². The number of furan rings is 2. The zero-order valence-electron chi connectivity index (χ0n) is 16.0. The summed E-state index contributed by atoms with van der Waals surface area (Å²) < 4.78 is 42.4. The van der Waals surface area contributed by atoms with E-state index in [1.807, 2.05) is 0 Å². The van der Waals surface area contributed by atoms with Crippen molar-refractivity contribution >= 4 is 21.9 Å². The summed E-state index contributed by atoms with van der Waals surface area (Å²) in [5.41, 5.74) is 0.116. The van der Waals surface area contributed by atoms with Crippen LogP contribution in [0.5, 0.6) is 0 Å². The molecule has 1 amide bonds. The number of ether oxygens (including phenoxy) is 1. The van der Waals surface area contributed by atoms with Crippen LogP contribution in [0.4, 0.5) is 0 Å². The van der Waals surface area contributed by atoms with E-state index in [2.05, 4.69) is 10.0 Å². The Kier molecular flexibility index (Phi) is 6.70. The average Bonchev–Trinajstić information content (AvgIpc) is 3.44. The lowest BCUT2D eigenvalue weighted by atomic mass is 10.2. The van der Waals surface area contributed by atoms with Gasteiger partial charge in [0.05, 0.1) is 36.1 Å². The molecule has 158 valence electrons. The maximum atomic E-state index is 12.3. The number of sulfonamides is 1. The summed E-state index contributed by atoms with van der Waals surface area (Å²) in [7, 11) is -3.78. The first-order valence-electron chi connectivity index (χ1n) is 8.98. The van der Waals surface area contributed by atoms with Crippen LogP contribution in [-0.2, 0) is 32.6 Å². The molecule has 0 aliphatic carbocycles. The minimum absolute atomic E-state index is 0.00373. The summed E-state index contributed by atoms with van der Waals surface area (Å²) in [6.45, 7) is 1.61. The third-order valence-corrected chi connectivity index (χ3v) is 5.50. The molecule has 3 rings (SSSR count). The number of esters is 1. The van der Waals surface area contributed by atoms with Gasteiger partial charge in [0.2, 0.25) is 10.0 Å². The van der Waals surface area contributed by atoms with Crippen molar-refractivity contribution in [1.82, 2.24) is 10.0 Å². The molecule has 30 heavy (non-hydrogen) atoms. The summed E-state index contributed by atoms with van der Waals surface area (Å²) in [6, 6.07) is 11.9. The number of rotatable bonds is 9. The second-order valence-corrected chi connectivity index (χ2v) is 8.04. The molecule has 2 aromatic heterocycles. The summed E-state index contributed by atoms with van der Waals surface area (Å²) in [5, 5.41) is 2.59. The zero-order chi connectivity index (χ0) is 21.6. The smallest absolute Gasteiger partial charge is 0.338 e. The lowest BCUT2D eigenvalue weighted by Crippen LogP contribution is -2.35. The van der Waals surface area contributed by atoms with Gasteiger partial charge in [-0.1, -0.05) is 0 Å². The number of carbonyl (C=O) groups is 2. The molecule has 9 nitrogen and oxygen atoms in total. The standard InChI is InChI=1S/C20H20N2O7S/c1-14(19(23)21-12-16-4-2-10-27-16)29-20(24)15-6-8-18(9-7-15)30(25,26)22-13-17-5-3-11-28-17/h2-11,14,22H,12-13H2,1H3,(H,21,23). The Morgan fingerprint density at radius 3 is 2.13 bits per heavy atom. The van der Waals surface area contributed by atoms with Crippen molar-refractivity contribution in [1.29, 1.82) is 0 Å². The predicted molar refractivity (Wildman–Crippen MR) is 105 cm³/mol. The molecule has 0 aliphatic rings. The van der Waals surface area contributed by atoms with E-state index < -0.39 is 28.0 Å². The van der Waals surface area contributed by atoms with Crippen molar-refractivity contribution in [3.05, 3.63) is 78.1 Å². The average molecular weight is 432 g/mol. The number of nitrogens with one attached hydrogen (secondary N) is 2. The summed E-state index contributed by atoms with van der Waals surface area (Å²) in [4.78, 5) is 24.3. The third-order valence-electron chi connectivity index (χ3n) is 4.09. The van der Waals surface area contributed by atoms with Gasteiger partial charge in [0, 0.05) is 0 Å². The van der Waals surface area contributed by atoms with Gasteiger partial charge in [0.15, 0.2) is 6.10 Å². The molecule has 1 aromatic carbocycles. The highest BCUT2D eigenvalue weighted by atomic mass is 32.2. The minimum atomic E-state index is -3.78. The van der Waals surface area contributed by atoms with E-state index in [4.69, 9.17) is 13.6 Å². The highest BCUT2D eigenvalue weighted by Gasteiger charge is 2.20. The molecule has 2 N–H and O–H groups in total. The molecule has 0 aliphatic heterocycles. The number of carbonyl (C=O) groups excluding carboxylic acids is 2. The SMILES string of the molecule is CC(OC(=O)c1ccc(S(=O)(=O)NCc2ccco2)cc1)C(=O)NCc1ccco1. The van der Waals surface area contributed by atoms with Gasteiger partial charge < -0.3 is 18.9 Å². The van der Waals surface area contributed by atoms with Gasteiger partial charge in [-0.05, 0) is 55.5 Å². The Morgan fingerprint density at radius 1 is 0.967 bits per heavy atom. The fourth-order valence-electron chi connectivity index (χ4n) is 2.45.